The van der Waals surface area contributed by atoms with Crippen LogP contribution in [0.2, 0.25) is 0 Å². The van der Waals surface area contributed by atoms with Gasteiger partial charge in [-0.3, -0.25) is 0 Å². The molecule has 0 bridgehead atoms. The molecule has 1 aromatic heterocycles. The largest absolute Gasteiger partial charge is 0.382 e. The van der Waals surface area contributed by atoms with Crippen LogP contribution in [0.1, 0.15) is 31.7 Å². The molecule has 0 saturated heterocycles. The Labute approximate surface area is 118 Å². The molecule has 0 aliphatic carbocycles. The first-order valence-electron chi connectivity index (χ1n) is 6.57. The molecule has 98 valence electrons. The molecule has 0 spiro atoms. The Bertz CT molecular complexity index is 664. The Kier molecular flexibility index (Phi) is 2.90. The van der Waals surface area contributed by atoms with E-state index in [1.807, 2.05) is 18.2 Å². The number of nitrogens with zero attached hydrogens (tertiary/aromatic N) is 1. The van der Waals surface area contributed by atoms with Crippen molar-refractivity contribution in [3.63, 3.8) is 0 Å². The molecule has 3 N–H and O–H groups in total. The van der Waals surface area contributed by atoms with Gasteiger partial charge in [0, 0.05) is 11.3 Å². The van der Waals surface area contributed by atoms with Gasteiger partial charge in [-0.2, -0.15) is 0 Å². The number of nitrogen functional groups attached to an aromatic ring is 1. The fourth-order valence-corrected chi connectivity index (χ4v) is 3.10. The number of hydrogen-bond acceptors (Lipinski definition) is 3. The summed E-state index contributed by atoms with van der Waals surface area (Å²) in [5, 5.41) is 4.41. The zero-order chi connectivity index (χ0) is 13.6. The van der Waals surface area contributed by atoms with Crippen molar-refractivity contribution in [2.75, 3.05) is 11.1 Å². The Morgan fingerprint density at radius 3 is 2.84 bits per heavy atom. The molecule has 0 radical (unpaired) electrons. The van der Waals surface area contributed by atoms with Crippen LogP contribution in [0.5, 0.6) is 0 Å². The molecule has 0 amide bonds. The highest BCUT2D eigenvalue weighted by atomic mass is 32.1. The summed E-state index contributed by atoms with van der Waals surface area (Å²) in [6.07, 6.45) is 1.03. The molecule has 4 heteroatoms. The van der Waals surface area contributed by atoms with Crippen molar-refractivity contribution in [3.8, 4) is 0 Å². The molecule has 3 rings (SSSR count). The number of benzene rings is 1. The van der Waals surface area contributed by atoms with E-state index in [0.29, 0.717) is 11.7 Å². The second-order valence-corrected chi connectivity index (χ2v) is 5.91. The standard InChI is InChI=1S/C15H17N3S/c1-8(2)7-10-12-9-5-3-4-6-11(9)17-14(16)13(12)18-15(10)19/h3-6,8,10H,7H2,1-2H3,(H2,16,17)(H,18,19). The third-order valence-electron chi connectivity index (χ3n) is 3.58. The van der Waals surface area contributed by atoms with Crippen molar-refractivity contribution in [2.24, 2.45) is 5.92 Å². The maximum atomic E-state index is 6.06. The molecular weight excluding hydrogens is 254 g/mol. The third kappa shape index (κ3) is 1.96. The highest BCUT2D eigenvalue weighted by molar-refractivity contribution is 7.80. The monoisotopic (exact) mass is 271 g/mol. The van der Waals surface area contributed by atoms with Gasteiger partial charge in [0.1, 0.15) is 5.82 Å². The van der Waals surface area contributed by atoms with Crippen molar-refractivity contribution in [2.45, 2.75) is 26.2 Å². The lowest BCUT2D eigenvalue weighted by molar-refractivity contribution is 0.571. The number of hydrogen-bond donors (Lipinski definition) is 2. The lowest BCUT2D eigenvalue weighted by Gasteiger charge is -2.15. The Morgan fingerprint density at radius 2 is 2.11 bits per heavy atom. The predicted octanol–water partition coefficient (Wildman–Crippen LogP) is 3.70. The highest BCUT2D eigenvalue weighted by Gasteiger charge is 2.31. The van der Waals surface area contributed by atoms with Gasteiger partial charge in [-0.25, -0.2) is 4.98 Å². The van der Waals surface area contributed by atoms with Gasteiger partial charge in [-0.1, -0.05) is 44.3 Å². The molecule has 0 fully saturated rings. The van der Waals surface area contributed by atoms with Crippen LogP contribution in [0.25, 0.3) is 10.9 Å². The van der Waals surface area contributed by atoms with E-state index in [2.05, 4.69) is 30.2 Å². The van der Waals surface area contributed by atoms with E-state index in [1.54, 1.807) is 0 Å². The average molecular weight is 271 g/mol. The fraction of sp³-hybridized carbons (Fsp3) is 0.333. The molecule has 1 aliphatic heterocycles. The van der Waals surface area contributed by atoms with Crippen LogP contribution >= 0.6 is 12.2 Å². The summed E-state index contributed by atoms with van der Waals surface area (Å²) in [5.74, 6) is 1.38. The minimum Gasteiger partial charge on any atom is -0.382 e. The SMILES string of the molecule is CC(C)CC1C(=S)Nc2c(N)nc3ccccc3c21. The highest BCUT2D eigenvalue weighted by Crippen LogP contribution is 2.43. The van der Waals surface area contributed by atoms with Gasteiger partial charge in [0.25, 0.3) is 0 Å². The lowest BCUT2D eigenvalue weighted by Crippen LogP contribution is -2.11. The Morgan fingerprint density at radius 1 is 1.37 bits per heavy atom. The smallest absolute Gasteiger partial charge is 0.148 e. The lowest BCUT2D eigenvalue weighted by atomic mass is 9.90. The van der Waals surface area contributed by atoms with Gasteiger partial charge < -0.3 is 11.1 Å². The second kappa shape index (κ2) is 4.46. The third-order valence-corrected chi connectivity index (χ3v) is 3.97. The summed E-state index contributed by atoms with van der Waals surface area (Å²) in [5.41, 5.74) is 9.14. The van der Waals surface area contributed by atoms with E-state index in [0.717, 1.165) is 28.0 Å². The molecule has 1 unspecified atom stereocenters. The van der Waals surface area contributed by atoms with Crippen LogP contribution in [0.15, 0.2) is 24.3 Å². The molecule has 1 atom stereocenters. The topological polar surface area (TPSA) is 50.9 Å². The van der Waals surface area contributed by atoms with Crippen LogP contribution in [0, 0.1) is 5.92 Å². The zero-order valence-corrected chi connectivity index (χ0v) is 11.9. The van der Waals surface area contributed by atoms with E-state index >= 15 is 0 Å². The normalized spacial score (nSPS) is 17.8. The molecule has 2 aromatic rings. The molecule has 0 saturated carbocycles. The minimum atomic E-state index is 0.250. The van der Waals surface area contributed by atoms with Gasteiger partial charge >= 0.3 is 0 Å². The van der Waals surface area contributed by atoms with E-state index in [1.165, 1.54) is 5.56 Å². The summed E-state index contributed by atoms with van der Waals surface area (Å²) >= 11 is 5.49. The van der Waals surface area contributed by atoms with Crippen LogP contribution in [-0.4, -0.2) is 9.97 Å². The number of anilines is 2. The van der Waals surface area contributed by atoms with Gasteiger partial charge in [0.2, 0.25) is 0 Å². The predicted molar refractivity (Wildman–Crippen MR) is 84.6 cm³/mol. The number of para-hydroxylation sites is 1. The van der Waals surface area contributed by atoms with E-state index in [9.17, 15) is 0 Å². The summed E-state index contributed by atoms with van der Waals surface area (Å²) in [4.78, 5) is 5.32. The zero-order valence-electron chi connectivity index (χ0n) is 11.1. The maximum Gasteiger partial charge on any atom is 0.148 e. The van der Waals surface area contributed by atoms with E-state index < -0.39 is 0 Å². The number of rotatable bonds is 2. The first-order valence-corrected chi connectivity index (χ1v) is 6.97. The fourth-order valence-electron chi connectivity index (χ4n) is 2.79. The van der Waals surface area contributed by atoms with Crippen LogP contribution in [-0.2, 0) is 0 Å². The van der Waals surface area contributed by atoms with Gasteiger partial charge in [-0.05, 0) is 24.0 Å². The van der Waals surface area contributed by atoms with Crippen molar-refractivity contribution in [3.05, 3.63) is 29.8 Å². The molecular formula is C15H17N3S. The number of nitrogens with one attached hydrogen (secondary N) is 1. The first-order chi connectivity index (χ1) is 9.08. The molecule has 1 aliphatic rings. The van der Waals surface area contributed by atoms with E-state index in [4.69, 9.17) is 18.0 Å². The van der Waals surface area contributed by atoms with Gasteiger partial charge in [0.05, 0.1) is 16.2 Å². The summed E-state index contributed by atoms with van der Waals surface area (Å²) < 4.78 is 0. The molecule has 2 heterocycles. The van der Waals surface area contributed by atoms with Crippen molar-refractivity contribution in [1.82, 2.24) is 4.98 Å². The van der Waals surface area contributed by atoms with Crippen LogP contribution < -0.4 is 11.1 Å². The number of thiocarbonyl (C=S) groups is 1. The van der Waals surface area contributed by atoms with Crippen molar-refractivity contribution < 1.29 is 0 Å². The van der Waals surface area contributed by atoms with E-state index in [-0.39, 0.29) is 5.92 Å². The average Bonchev–Trinajstić information content (AvgIpc) is 2.68. The van der Waals surface area contributed by atoms with Crippen molar-refractivity contribution in [1.29, 1.82) is 0 Å². The minimum absolute atomic E-state index is 0.250. The second-order valence-electron chi connectivity index (χ2n) is 5.47. The Balaban J connectivity index is 2.26. The number of fused-ring (bicyclic) bond motifs is 3. The maximum absolute atomic E-state index is 6.06. The molecule has 19 heavy (non-hydrogen) atoms. The molecule has 1 aromatic carbocycles. The summed E-state index contributed by atoms with van der Waals surface area (Å²) in [6, 6.07) is 8.12. The van der Waals surface area contributed by atoms with Gasteiger partial charge in [-0.15, -0.1) is 0 Å². The van der Waals surface area contributed by atoms with Crippen LogP contribution in [0.4, 0.5) is 11.5 Å². The Hall–Kier alpha value is -1.68. The van der Waals surface area contributed by atoms with Gasteiger partial charge in [0.15, 0.2) is 0 Å². The number of nitrogens with two attached hydrogens (primary N) is 1. The molecule has 3 nitrogen and oxygen atoms in total. The first kappa shape index (κ1) is 12.4. The summed E-state index contributed by atoms with van der Waals surface area (Å²) in [6.45, 7) is 4.43. The van der Waals surface area contributed by atoms with Crippen LogP contribution in [0.3, 0.4) is 0 Å². The van der Waals surface area contributed by atoms with Crippen molar-refractivity contribution >= 4 is 39.6 Å². The quantitative estimate of drug-likeness (QED) is 0.818. The number of aromatic nitrogens is 1. The number of pyridine rings is 1. The summed E-state index contributed by atoms with van der Waals surface area (Å²) in [7, 11) is 0.